The molecular formula is C15H17Br2NO2S. The van der Waals surface area contributed by atoms with E-state index in [2.05, 4.69) is 31.9 Å². The monoisotopic (exact) mass is 433 g/mol. The molecular weight excluding hydrogens is 418 g/mol. The van der Waals surface area contributed by atoms with Crippen molar-refractivity contribution in [2.24, 2.45) is 5.73 Å². The molecule has 6 heteroatoms. The van der Waals surface area contributed by atoms with E-state index >= 15 is 0 Å². The molecule has 3 nitrogen and oxygen atoms in total. The average molecular weight is 435 g/mol. The highest BCUT2D eigenvalue weighted by Gasteiger charge is 2.24. The zero-order chi connectivity index (χ0) is 15.6. The van der Waals surface area contributed by atoms with E-state index in [1.165, 1.54) is 11.3 Å². The van der Waals surface area contributed by atoms with Crippen molar-refractivity contribution in [1.29, 1.82) is 0 Å². The maximum Gasteiger partial charge on any atom is 0.122 e. The van der Waals surface area contributed by atoms with E-state index in [4.69, 9.17) is 10.5 Å². The number of nitrogens with two attached hydrogens (primary N) is 1. The molecule has 2 rings (SSSR count). The molecule has 0 aliphatic rings. The first-order chi connectivity index (χ1) is 9.97. The van der Waals surface area contributed by atoms with Crippen molar-refractivity contribution < 1.29 is 9.84 Å². The second-order valence-electron chi connectivity index (χ2n) is 4.79. The number of rotatable bonds is 5. The topological polar surface area (TPSA) is 55.5 Å². The third kappa shape index (κ3) is 3.68. The minimum absolute atomic E-state index is 0.169. The van der Waals surface area contributed by atoms with Crippen LogP contribution in [0.15, 0.2) is 32.5 Å². The van der Waals surface area contributed by atoms with Crippen molar-refractivity contribution >= 4 is 43.2 Å². The van der Waals surface area contributed by atoms with Crippen molar-refractivity contribution in [3.63, 3.8) is 0 Å². The molecule has 21 heavy (non-hydrogen) atoms. The minimum atomic E-state index is -0.644. The van der Waals surface area contributed by atoms with E-state index in [-0.39, 0.29) is 5.92 Å². The Morgan fingerprint density at radius 1 is 1.33 bits per heavy atom. The van der Waals surface area contributed by atoms with Crippen molar-refractivity contribution in [1.82, 2.24) is 0 Å². The van der Waals surface area contributed by atoms with Gasteiger partial charge < -0.3 is 15.6 Å². The second-order valence-corrected chi connectivity index (χ2v) is 8.04. The molecule has 0 aliphatic carbocycles. The van der Waals surface area contributed by atoms with Crippen molar-refractivity contribution in [2.45, 2.75) is 18.9 Å². The fourth-order valence-corrected chi connectivity index (χ4v) is 4.36. The summed E-state index contributed by atoms with van der Waals surface area (Å²) in [5.41, 5.74) is 7.94. The first-order valence-corrected chi connectivity index (χ1v) is 8.85. The number of aliphatic hydroxyl groups is 1. The second kappa shape index (κ2) is 7.24. The summed E-state index contributed by atoms with van der Waals surface area (Å²) in [6.07, 6.45) is -0.644. The number of hydrogen-bond donors (Lipinski definition) is 2. The number of benzene rings is 1. The van der Waals surface area contributed by atoms with Crippen molar-refractivity contribution in [2.75, 3.05) is 13.7 Å². The van der Waals surface area contributed by atoms with Crippen LogP contribution in [0.4, 0.5) is 0 Å². The van der Waals surface area contributed by atoms with Crippen LogP contribution in [0.5, 0.6) is 5.75 Å². The molecule has 0 amide bonds. The number of methoxy groups -OCH3 is 1. The van der Waals surface area contributed by atoms with Gasteiger partial charge in [0.25, 0.3) is 0 Å². The summed E-state index contributed by atoms with van der Waals surface area (Å²) in [4.78, 5) is 0.878. The normalized spacial score (nSPS) is 14.0. The zero-order valence-electron chi connectivity index (χ0n) is 11.8. The van der Waals surface area contributed by atoms with E-state index in [1.54, 1.807) is 7.11 Å². The Bertz CT molecular complexity index is 611. The SMILES string of the molecule is COc1cc(C(CN)C(O)c2cc(Br)c(Br)s2)ccc1C. The van der Waals surface area contributed by atoms with Crippen LogP contribution in [-0.4, -0.2) is 18.8 Å². The molecule has 0 radical (unpaired) electrons. The van der Waals surface area contributed by atoms with E-state index in [9.17, 15) is 5.11 Å². The third-order valence-electron chi connectivity index (χ3n) is 3.45. The Labute approximate surface area is 145 Å². The Kier molecular flexibility index (Phi) is 5.85. The molecule has 0 saturated carbocycles. The molecule has 3 N–H and O–H groups in total. The molecule has 1 aromatic carbocycles. The predicted octanol–water partition coefficient (Wildman–Crippen LogP) is 4.37. The molecule has 2 atom stereocenters. The lowest BCUT2D eigenvalue weighted by atomic mass is 9.91. The summed E-state index contributed by atoms with van der Waals surface area (Å²) in [6.45, 7) is 2.35. The number of aryl methyl sites for hydroxylation is 1. The van der Waals surface area contributed by atoms with E-state index in [0.717, 1.165) is 30.0 Å². The van der Waals surface area contributed by atoms with Gasteiger partial charge in [0.05, 0.1) is 17.0 Å². The number of aliphatic hydroxyl groups excluding tert-OH is 1. The molecule has 0 fully saturated rings. The third-order valence-corrected chi connectivity index (χ3v) is 6.78. The van der Waals surface area contributed by atoms with Gasteiger partial charge in [-0.05, 0) is 62.0 Å². The first-order valence-electron chi connectivity index (χ1n) is 6.45. The lowest BCUT2D eigenvalue weighted by molar-refractivity contribution is 0.151. The standard InChI is InChI=1S/C15H17Br2NO2S/c1-8-3-4-9(5-12(8)20-2)10(7-18)14(19)13-6-11(16)15(17)21-13/h3-6,10,14,19H,7,18H2,1-2H3. The Morgan fingerprint density at radius 3 is 2.57 bits per heavy atom. The Hall–Kier alpha value is -0.400. The predicted molar refractivity (Wildman–Crippen MR) is 94.2 cm³/mol. The van der Waals surface area contributed by atoms with Gasteiger partial charge in [0.1, 0.15) is 5.75 Å². The van der Waals surface area contributed by atoms with E-state index in [0.29, 0.717) is 6.54 Å². The molecule has 114 valence electrons. The molecule has 0 saturated heterocycles. The Balaban J connectivity index is 2.34. The zero-order valence-corrected chi connectivity index (χ0v) is 15.8. The summed E-state index contributed by atoms with van der Waals surface area (Å²) in [6, 6.07) is 7.86. The fourth-order valence-electron chi connectivity index (χ4n) is 2.22. The fraction of sp³-hybridized carbons (Fsp3) is 0.333. The van der Waals surface area contributed by atoms with Gasteiger partial charge in [-0.1, -0.05) is 12.1 Å². The van der Waals surface area contributed by atoms with E-state index in [1.807, 2.05) is 31.2 Å². The highest BCUT2D eigenvalue weighted by atomic mass is 79.9. The summed E-state index contributed by atoms with van der Waals surface area (Å²) >= 11 is 8.41. The molecule has 2 unspecified atom stereocenters. The van der Waals surface area contributed by atoms with Crippen LogP contribution in [0.1, 0.15) is 28.0 Å². The largest absolute Gasteiger partial charge is 0.496 e. The van der Waals surface area contributed by atoms with Crippen LogP contribution in [0.3, 0.4) is 0 Å². The Morgan fingerprint density at radius 2 is 2.05 bits per heavy atom. The minimum Gasteiger partial charge on any atom is -0.496 e. The van der Waals surface area contributed by atoms with Crippen molar-refractivity contribution in [3.8, 4) is 5.75 Å². The van der Waals surface area contributed by atoms with Gasteiger partial charge in [-0.2, -0.15) is 0 Å². The summed E-state index contributed by atoms with van der Waals surface area (Å²) < 4.78 is 7.26. The van der Waals surface area contributed by atoms with Crippen molar-refractivity contribution in [3.05, 3.63) is 48.5 Å². The lowest BCUT2D eigenvalue weighted by Gasteiger charge is -2.22. The number of thiophene rings is 1. The van der Waals surface area contributed by atoms with Gasteiger partial charge in [0, 0.05) is 21.8 Å². The highest BCUT2D eigenvalue weighted by molar-refractivity contribution is 9.13. The average Bonchev–Trinajstić information content (AvgIpc) is 2.81. The molecule has 0 bridgehead atoms. The quantitative estimate of drug-likeness (QED) is 0.734. The van der Waals surface area contributed by atoms with Crippen LogP contribution >= 0.6 is 43.2 Å². The maximum atomic E-state index is 10.7. The first kappa shape index (κ1) is 17.0. The van der Waals surface area contributed by atoms with Crippen LogP contribution < -0.4 is 10.5 Å². The van der Waals surface area contributed by atoms with Crippen LogP contribution in [0.2, 0.25) is 0 Å². The molecule has 1 aromatic heterocycles. The number of halogens is 2. The van der Waals surface area contributed by atoms with Crippen LogP contribution in [0.25, 0.3) is 0 Å². The molecule has 1 heterocycles. The lowest BCUT2D eigenvalue weighted by Crippen LogP contribution is -2.19. The highest BCUT2D eigenvalue weighted by Crippen LogP contribution is 2.40. The number of ether oxygens (including phenoxy) is 1. The van der Waals surface area contributed by atoms with Crippen LogP contribution in [0, 0.1) is 6.92 Å². The summed E-state index contributed by atoms with van der Waals surface area (Å²) in [5, 5.41) is 10.7. The summed E-state index contributed by atoms with van der Waals surface area (Å²) in [7, 11) is 1.65. The van der Waals surface area contributed by atoms with Gasteiger partial charge in [-0.25, -0.2) is 0 Å². The number of hydrogen-bond acceptors (Lipinski definition) is 4. The van der Waals surface area contributed by atoms with Gasteiger partial charge in [0.2, 0.25) is 0 Å². The van der Waals surface area contributed by atoms with Crippen LogP contribution in [-0.2, 0) is 0 Å². The molecule has 0 aliphatic heterocycles. The smallest absolute Gasteiger partial charge is 0.122 e. The maximum absolute atomic E-state index is 10.7. The van der Waals surface area contributed by atoms with E-state index < -0.39 is 6.10 Å². The molecule has 0 spiro atoms. The van der Waals surface area contributed by atoms with Gasteiger partial charge in [-0.3, -0.25) is 0 Å². The van der Waals surface area contributed by atoms with Gasteiger partial charge in [0.15, 0.2) is 0 Å². The molecule has 2 aromatic rings. The van der Waals surface area contributed by atoms with Gasteiger partial charge in [-0.15, -0.1) is 11.3 Å². The summed E-state index contributed by atoms with van der Waals surface area (Å²) in [5.74, 6) is 0.642. The van der Waals surface area contributed by atoms with Gasteiger partial charge >= 0.3 is 0 Å².